The topological polar surface area (TPSA) is 82.5 Å². The summed E-state index contributed by atoms with van der Waals surface area (Å²) in [6.07, 6.45) is 1.58. The van der Waals surface area contributed by atoms with Crippen molar-refractivity contribution in [3.05, 3.63) is 41.4 Å². The molecule has 7 heteroatoms. The number of pyridine rings is 1. The number of hydrogen-bond acceptors (Lipinski definition) is 5. The van der Waals surface area contributed by atoms with Crippen LogP contribution in [-0.2, 0) is 0 Å². The lowest BCUT2D eigenvalue weighted by Gasteiger charge is -2.01. The van der Waals surface area contributed by atoms with Crippen molar-refractivity contribution in [2.45, 2.75) is 0 Å². The fraction of sp³-hybridized carbons (Fsp3) is 0. The predicted molar refractivity (Wildman–Crippen MR) is 66.3 cm³/mol. The van der Waals surface area contributed by atoms with Crippen LogP contribution in [0.1, 0.15) is 9.67 Å². The number of carbonyl (C=O) groups is 1. The minimum atomic E-state index is -1.54. The highest BCUT2D eigenvalue weighted by Crippen LogP contribution is 2.10. The van der Waals surface area contributed by atoms with Crippen molar-refractivity contribution in [1.82, 2.24) is 4.98 Å². The predicted octanol–water partition coefficient (Wildman–Crippen LogP) is 0.0752. The molecule has 3 N–H and O–H groups in total. The number of aromatic nitrogens is 1. The van der Waals surface area contributed by atoms with Gasteiger partial charge in [-0.2, -0.15) is 0 Å². The van der Waals surface area contributed by atoms with Gasteiger partial charge in [0.1, 0.15) is 5.82 Å². The van der Waals surface area contributed by atoms with Gasteiger partial charge in [0.2, 0.25) is 0 Å². The van der Waals surface area contributed by atoms with Gasteiger partial charge < -0.3 is 15.4 Å². The SMILES string of the molecule is O=C(Nc1ccccn1)c1ccc(B(O)O)s1. The van der Waals surface area contributed by atoms with Crippen LogP contribution in [0.3, 0.4) is 0 Å². The highest BCUT2D eigenvalue weighted by Gasteiger charge is 2.17. The third-order valence-electron chi connectivity index (χ3n) is 2.01. The zero-order valence-electron chi connectivity index (χ0n) is 8.70. The standard InChI is InChI=1S/C10H9BN2O3S/c14-10(13-9-3-1-2-6-12-9)7-4-5-8(17-7)11(15)16/h1-6,15-16H,(H,12,13,14). The molecule has 2 aromatic heterocycles. The lowest BCUT2D eigenvalue weighted by Crippen LogP contribution is -2.26. The van der Waals surface area contributed by atoms with Gasteiger partial charge >= 0.3 is 7.12 Å². The maximum atomic E-state index is 11.7. The van der Waals surface area contributed by atoms with Crippen LogP contribution in [0.15, 0.2) is 36.5 Å². The number of anilines is 1. The molecule has 5 nitrogen and oxygen atoms in total. The van der Waals surface area contributed by atoms with E-state index in [4.69, 9.17) is 10.0 Å². The van der Waals surface area contributed by atoms with Crippen molar-refractivity contribution in [2.75, 3.05) is 5.32 Å². The molecular weight excluding hydrogens is 239 g/mol. The van der Waals surface area contributed by atoms with Gasteiger partial charge in [-0.1, -0.05) is 12.1 Å². The van der Waals surface area contributed by atoms with Gasteiger partial charge in [-0.05, 0) is 18.2 Å². The van der Waals surface area contributed by atoms with E-state index in [2.05, 4.69) is 10.3 Å². The number of hydrogen-bond donors (Lipinski definition) is 3. The molecular formula is C10H9BN2O3S. The lowest BCUT2D eigenvalue weighted by molar-refractivity contribution is 0.103. The molecule has 86 valence electrons. The summed E-state index contributed by atoms with van der Waals surface area (Å²) < 4.78 is 0.330. The van der Waals surface area contributed by atoms with E-state index in [-0.39, 0.29) is 5.91 Å². The highest BCUT2D eigenvalue weighted by molar-refractivity contribution is 7.23. The molecule has 0 aliphatic rings. The van der Waals surface area contributed by atoms with Gasteiger partial charge in [-0.3, -0.25) is 4.79 Å². The third kappa shape index (κ3) is 2.91. The van der Waals surface area contributed by atoms with E-state index in [1.807, 2.05) is 0 Å². The van der Waals surface area contributed by atoms with Gasteiger partial charge in [-0.25, -0.2) is 4.98 Å². The summed E-state index contributed by atoms with van der Waals surface area (Å²) in [6.45, 7) is 0. The van der Waals surface area contributed by atoms with Crippen LogP contribution in [0.25, 0.3) is 0 Å². The Balaban J connectivity index is 2.10. The second kappa shape index (κ2) is 5.09. The van der Waals surface area contributed by atoms with E-state index in [0.29, 0.717) is 15.5 Å². The second-order valence-corrected chi connectivity index (χ2v) is 4.36. The van der Waals surface area contributed by atoms with Gasteiger partial charge in [0.25, 0.3) is 5.91 Å². The summed E-state index contributed by atoms with van der Waals surface area (Å²) in [5, 5.41) is 20.5. The summed E-state index contributed by atoms with van der Waals surface area (Å²) in [5.41, 5.74) is 0. The Hall–Kier alpha value is -1.70. The Kier molecular flexibility index (Phi) is 3.53. The summed E-state index contributed by atoms with van der Waals surface area (Å²) in [7, 11) is -1.54. The van der Waals surface area contributed by atoms with Crippen LogP contribution in [0.4, 0.5) is 5.82 Å². The minimum absolute atomic E-state index is 0.319. The molecule has 2 heterocycles. The largest absolute Gasteiger partial charge is 0.499 e. The van der Waals surface area contributed by atoms with Crippen molar-refractivity contribution < 1.29 is 14.8 Å². The van der Waals surface area contributed by atoms with E-state index in [1.165, 1.54) is 12.1 Å². The van der Waals surface area contributed by atoms with Crippen molar-refractivity contribution >= 4 is 35.0 Å². The smallest absolute Gasteiger partial charge is 0.423 e. The van der Waals surface area contributed by atoms with E-state index in [1.54, 1.807) is 24.4 Å². The molecule has 1 amide bonds. The van der Waals surface area contributed by atoms with Crippen molar-refractivity contribution in [2.24, 2.45) is 0 Å². The van der Waals surface area contributed by atoms with E-state index < -0.39 is 7.12 Å². The van der Waals surface area contributed by atoms with E-state index in [9.17, 15) is 4.79 Å². The number of nitrogens with one attached hydrogen (secondary N) is 1. The molecule has 0 saturated carbocycles. The van der Waals surface area contributed by atoms with Crippen LogP contribution in [0.2, 0.25) is 0 Å². The first-order valence-corrected chi connectivity index (χ1v) is 5.67. The van der Waals surface area contributed by atoms with Crippen LogP contribution in [0.5, 0.6) is 0 Å². The molecule has 0 spiro atoms. The monoisotopic (exact) mass is 248 g/mol. The van der Waals surface area contributed by atoms with Crippen molar-refractivity contribution in [1.29, 1.82) is 0 Å². The highest BCUT2D eigenvalue weighted by atomic mass is 32.1. The normalized spacial score (nSPS) is 10.0. The van der Waals surface area contributed by atoms with Crippen molar-refractivity contribution in [3.63, 3.8) is 0 Å². The molecule has 0 unspecified atom stereocenters. The Morgan fingerprint density at radius 1 is 1.29 bits per heavy atom. The molecule has 0 atom stereocenters. The Morgan fingerprint density at radius 2 is 2.12 bits per heavy atom. The van der Waals surface area contributed by atoms with E-state index in [0.717, 1.165) is 11.3 Å². The number of thiophene rings is 1. The fourth-order valence-electron chi connectivity index (χ4n) is 1.23. The van der Waals surface area contributed by atoms with Crippen LogP contribution >= 0.6 is 11.3 Å². The summed E-state index contributed by atoms with van der Waals surface area (Å²) >= 11 is 1.03. The maximum absolute atomic E-state index is 11.7. The first-order valence-electron chi connectivity index (χ1n) is 4.85. The molecule has 0 saturated heterocycles. The zero-order valence-corrected chi connectivity index (χ0v) is 9.52. The Morgan fingerprint density at radius 3 is 2.71 bits per heavy atom. The van der Waals surface area contributed by atoms with Gasteiger partial charge in [-0.15, -0.1) is 11.3 Å². The minimum Gasteiger partial charge on any atom is -0.423 e. The third-order valence-corrected chi connectivity index (χ3v) is 3.14. The zero-order chi connectivity index (χ0) is 12.3. The van der Waals surface area contributed by atoms with Gasteiger partial charge in [0.15, 0.2) is 0 Å². The molecule has 0 aliphatic heterocycles. The average Bonchev–Trinajstić information content (AvgIpc) is 2.79. The lowest BCUT2D eigenvalue weighted by atomic mass is 9.90. The molecule has 0 fully saturated rings. The molecule has 0 bridgehead atoms. The second-order valence-electron chi connectivity index (χ2n) is 3.24. The van der Waals surface area contributed by atoms with Crippen LogP contribution in [-0.4, -0.2) is 28.1 Å². The number of amides is 1. The molecule has 2 rings (SSSR count). The molecule has 0 radical (unpaired) electrons. The molecule has 0 aliphatic carbocycles. The number of rotatable bonds is 3. The first-order chi connectivity index (χ1) is 8.16. The van der Waals surface area contributed by atoms with Gasteiger partial charge in [0, 0.05) is 11.0 Å². The van der Waals surface area contributed by atoms with Crippen LogP contribution in [0, 0.1) is 0 Å². The molecule has 2 aromatic rings. The number of carbonyl (C=O) groups excluding carboxylic acids is 1. The first kappa shape index (κ1) is 11.8. The summed E-state index contributed by atoms with van der Waals surface area (Å²) in [6, 6.07) is 8.23. The maximum Gasteiger partial charge on any atom is 0.499 e. The quantitative estimate of drug-likeness (QED) is 0.671. The Labute approximate surface area is 102 Å². The average molecular weight is 248 g/mol. The Bertz CT molecular complexity index is 515. The van der Waals surface area contributed by atoms with E-state index >= 15 is 0 Å². The molecule has 17 heavy (non-hydrogen) atoms. The number of nitrogens with zero attached hydrogens (tertiary/aromatic N) is 1. The summed E-state index contributed by atoms with van der Waals surface area (Å²) in [5.74, 6) is 0.137. The molecule has 0 aromatic carbocycles. The summed E-state index contributed by atoms with van der Waals surface area (Å²) in [4.78, 5) is 16.1. The van der Waals surface area contributed by atoms with Crippen molar-refractivity contribution in [3.8, 4) is 0 Å². The van der Waals surface area contributed by atoms with Crippen LogP contribution < -0.4 is 10.1 Å². The van der Waals surface area contributed by atoms with Gasteiger partial charge in [0.05, 0.1) is 4.88 Å². The fourth-order valence-corrected chi connectivity index (χ4v) is 2.00.